The molecule has 0 bridgehead atoms. The van der Waals surface area contributed by atoms with Crippen molar-refractivity contribution < 1.29 is 18.4 Å². The molecular formula is C29H28ClNO2. The normalized spacial score (nSPS) is 16.5. The fourth-order valence-corrected chi connectivity index (χ4v) is 3.97. The van der Waals surface area contributed by atoms with Crippen LogP contribution in [0.3, 0.4) is 0 Å². The van der Waals surface area contributed by atoms with Gasteiger partial charge in [0.05, 0.1) is 22.9 Å². The van der Waals surface area contributed by atoms with E-state index in [2.05, 4.69) is 4.98 Å². The van der Waals surface area contributed by atoms with Crippen molar-refractivity contribution in [2.45, 2.75) is 38.3 Å². The Hall–Kier alpha value is -2.98. The third kappa shape index (κ3) is 5.88. The number of hydrogen-bond donors (Lipinski definition) is 2. The number of aryl methyl sites for hydroxylation is 1. The van der Waals surface area contributed by atoms with E-state index >= 15 is 0 Å². The highest BCUT2D eigenvalue weighted by Gasteiger charge is 2.20. The first-order valence-electron chi connectivity index (χ1n) is 13.6. The van der Waals surface area contributed by atoms with Gasteiger partial charge in [-0.05, 0) is 79.1 Å². The Bertz CT molecular complexity index is 1490. The van der Waals surface area contributed by atoms with E-state index in [0.717, 1.165) is 22.2 Å². The van der Waals surface area contributed by atoms with Crippen LogP contribution in [0, 0.1) is 0 Å². The van der Waals surface area contributed by atoms with E-state index in [1.165, 1.54) is 12.1 Å². The largest absolute Gasteiger partial charge is 0.388 e. The van der Waals surface area contributed by atoms with E-state index in [0.29, 0.717) is 16.1 Å². The van der Waals surface area contributed by atoms with E-state index < -0.39 is 25.4 Å². The second kappa shape index (κ2) is 9.88. The van der Waals surface area contributed by atoms with Crippen LogP contribution in [0.1, 0.15) is 62.4 Å². The van der Waals surface area contributed by atoms with Crippen molar-refractivity contribution in [3.05, 3.63) is 112 Å². The molecule has 0 aliphatic heterocycles. The number of pyridine rings is 1. The molecule has 33 heavy (non-hydrogen) atoms. The van der Waals surface area contributed by atoms with Crippen LogP contribution < -0.4 is 0 Å². The van der Waals surface area contributed by atoms with Crippen LogP contribution in [0.5, 0.6) is 0 Å². The SMILES string of the molecule is [2H]C([2H])([2H])C(O)(c1ccccc1CC[C@H](O)c1cccc(/C=C/c2ccc3ccc(Cl)cc3n2)c1)C([2H])([2H])[2H]. The summed E-state index contributed by atoms with van der Waals surface area (Å²) < 4.78 is 46.5. The second-order valence-corrected chi connectivity index (χ2v) is 8.44. The monoisotopic (exact) mass is 463 g/mol. The lowest BCUT2D eigenvalue weighted by Crippen LogP contribution is -2.18. The van der Waals surface area contributed by atoms with Gasteiger partial charge < -0.3 is 10.2 Å². The number of aliphatic hydroxyl groups excluding tert-OH is 1. The van der Waals surface area contributed by atoms with Gasteiger partial charge in [-0.15, -0.1) is 0 Å². The Kier molecular flexibility index (Phi) is 4.97. The summed E-state index contributed by atoms with van der Waals surface area (Å²) in [4.78, 5) is 4.61. The zero-order valence-corrected chi connectivity index (χ0v) is 18.6. The van der Waals surface area contributed by atoms with Crippen molar-refractivity contribution in [2.75, 3.05) is 0 Å². The van der Waals surface area contributed by atoms with Crippen molar-refractivity contribution in [3.63, 3.8) is 0 Å². The van der Waals surface area contributed by atoms with E-state index in [9.17, 15) is 10.2 Å². The minimum Gasteiger partial charge on any atom is -0.388 e. The fraction of sp³-hybridized carbons (Fsp3) is 0.207. The highest BCUT2D eigenvalue weighted by molar-refractivity contribution is 6.31. The van der Waals surface area contributed by atoms with Crippen LogP contribution in [-0.2, 0) is 12.0 Å². The Morgan fingerprint density at radius 2 is 1.82 bits per heavy atom. The molecule has 0 radical (unpaired) electrons. The molecule has 3 nitrogen and oxygen atoms in total. The maximum absolute atomic E-state index is 11.0. The molecular weight excluding hydrogens is 430 g/mol. The first-order valence-corrected chi connectivity index (χ1v) is 11.0. The third-order valence-electron chi connectivity index (χ3n) is 5.51. The maximum atomic E-state index is 11.0. The van der Waals surface area contributed by atoms with Gasteiger partial charge >= 0.3 is 0 Å². The minimum atomic E-state index is -3.18. The van der Waals surface area contributed by atoms with Gasteiger partial charge in [-0.25, -0.2) is 4.98 Å². The molecule has 0 saturated carbocycles. The number of aromatic nitrogens is 1. The standard InChI is InChI=1S/C29H28ClNO2/c1-29(2,33)26-9-4-3-7-21(26)13-17-28(32)23-8-5-6-20(18-23)10-15-25-16-12-22-11-14-24(30)19-27(22)31-25/h3-12,14-16,18-19,28,32-33H,13,17H2,1-2H3/b15-10+/t28-/m0/s1/i1D3,2D3. The minimum absolute atomic E-state index is 0.162. The van der Waals surface area contributed by atoms with Gasteiger partial charge in [-0.2, -0.15) is 0 Å². The summed E-state index contributed by atoms with van der Waals surface area (Å²) in [6.07, 6.45) is 3.20. The number of fused-ring (bicyclic) bond motifs is 1. The lowest BCUT2D eigenvalue weighted by Gasteiger charge is -2.22. The predicted octanol–water partition coefficient (Wildman–Crippen LogP) is 6.95. The lowest BCUT2D eigenvalue weighted by molar-refractivity contribution is 0.0772. The number of rotatable bonds is 7. The quantitative estimate of drug-likeness (QED) is 0.311. The fourth-order valence-electron chi connectivity index (χ4n) is 3.80. The molecule has 4 aromatic rings. The van der Waals surface area contributed by atoms with Crippen LogP contribution in [0.25, 0.3) is 23.1 Å². The molecule has 1 aromatic heterocycles. The number of benzene rings is 3. The number of nitrogens with zero attached hydrogens (tertiary/aromatic N) is 1. The summed E-state index contributed by atoms with van der Waals surface area (Å²) in [5, 5.41) is 23.5. The van der Waals surface area contributed by atoms with Crippen LogP contribution in [0.4, 0.5) is 0 Å². The van der Waals surface area contributed by atoms with Gasteiger partial charge in [0.15, 0.2) is 0 Å². The summed E-state index contributed by atoms with van der Waals surface area (Å²) in [5.41, 5.74) is 0.173. The molecule has 3 aromatic carbocycles. The average molecular weight is 464 g/mol. The topological polar surface area (TPSA) is 53.4 Å². The van der Waals surface area contributed by atoms with E-state index in [4.69, 9.17) is 19.8 Å². The van der Waals surface area contributed by atoms with Crippen LogP contribution in [0.15, 0.2) is 78.9 Å². The molecule has 2 N–H and O–H groups in total. The Morgan fingerprint density at radius 3 is 2.67 bits per heavy atom. The smallest absolute Gasteiger partial charge is 0.0843 e. The van der Waals surface area contributed by atoms with Crippen molar-refractivity contribution in [1.82, 2.24) is 4.98 Å². The molecule has 0 spiro atoms. The molecule has 0 aliphatic rings. The summed E-state index contributed by atoms with van der Waals surface area (Å²) in [6, 6.07) is 22.8. The van der Waals surface area contributed by atoms with Crippen LogP contribution >= 0.6 is 11.6 Å². The van der Waals surface area contributed by atoms with Gasteiger partial charge in [-0.3, -0.25) is 0 Å². The van der Waals surface area contributed by atoms with Crippen molar-refractivity contribution in [2.24, 2.45) is 0 Å². The molecule has 0 amide bonds. The molecule has 0 aliphatic carbocycles. The molecule has 0 saturated heterocycles. The lowest BCUT2D eigenvalue weighted by atomic mass is 9.90. The van der Waals surface area contributed by atoms with Crippen molar-refractivity contribution in [3.8, 4) is 0 Å². The number of halogens is 1. The summed E-state index contributed by atoms with van der Waals surface area (Å²) >= 11 is 6.08. The molecule has 4 rings (SSSR count). The van der Waals surface area contributed by atoms with E-state index in [1.54, 1.807) is 24.3 Å². The average Bonchev–Trinajstić information content (AvgIpc) is 2.89. The highest BCUT2D eigenvalue weighted by atomic mass is 35.5. The molecule has 1 atom stereocenters. The summed E-state index contributed by atoms with van der Waals surface area (Å²) in [6.45, 7) is -6.36. The summed E-state index contributed by atoms with van der Waals surface area (Å²) in [5.74, 6) is 0. The predicted molar refractivity (Wildman–Crippen MR) is 137 cm³/mol. The molecule has 0 unspecified atom stereocenters. The maximum Gasteiger partial charge on any atom is 0.0843 e. The molecule has 4 heteroatoms. The van der Waals surface area contributed by atoms with Gasteiger partial charge in [0, 0.05) is 18.6 Å². The van der Waals surface area contributed by atoms with E-state index in [-0.39, 0.29) is 18.4 Å². The van der Waals surface area contributed by atoms with Crippen molar-refractivity contribution in [1.29, 1.82) is 0 Å². The van der Waals surface area contributed by atoms with Gasteiger partial charge in [0.25, 0.3) is 0 Å². The Morgan fingerprint density at radius 1 is 1.00 bits per heavy atom. The molecule has 168 valence electrons. The van der Waals surface area contributed by atoms with Gasteiger partial charge in [-0.1, -0.05) is 72.3 Å². The number of hydrogen-bond acceptors (Lipinski definition) is 3. The Balaban J connectivity index is 1.52. The van der Waals surface area contributed by atoms with Crippen LogP contribution in [0.2, 0.25) is 5.02 Å². The van der Waals surface area contributed by atoms with Crippen molar-refractivity contribution >= 4 is 34.7 Å². The van der Waals surface area contributed by atoms with E-state index in [1.807, 2.05) is 54.6 Å². The van der Waals surface area contributed by atoms with Crippen LogP contribution in [-0.4, -0.2) is 15.2 Å². The summed E-state index contributed by atoms with van der Waals surface area (Å²) in [7, 11) is 0. The zero-order chi connectivity index (χ0) is 28.4. The highest BCUT2D eigenvalue weighted by Crippen LogP contribution is 2.27. The second-order valence-electron chi connectivity index (χ2n) is 8.00. The van der Waals surface area contributed by atoms with Gasteiger partial charge in [0.1, 0.15) is 0 Å². The molecule has 0 fully saturated rings. The third-order valence-corrected chi connectivity index (χ3v) is 5.75. The Labute approximate surface area is 208 Å². The first kappa shape index (κ1) is 16.6. The number of aliphatic hydroxyl groups is 2. The first-order chi connectivity index (χ1) is 18.3. The van der Waals surface area contributed by atoms with Gasteiger partial charge in [0.2, 0.25) is 0 Å². The molecule has 1 heterocycles. The zero-order valence-electron chi connectivity index (χ0n) is 23.9.